The smallest absolute Gasteiger partial charge is 0.282 e. The molecule has 0 fully saturated rings. The molecule has 0 bridgehead atoms. The third kappa shape index (κ3) is 5.14. The van der Waals surface area contributed by atoms with Crippen LogP contribution < -0.4 is 4.74 Å². The van der Waals surface area contributed by atoms with Crippen LogP contribution in [0.4, 0.5) is 0 Å². The monoisotopic (exact) mass is 794 g/mol. The van der Waals surface area contributed by atoms with Gasteiger partial charge in [-0.2, -0.15) is 5.01 Å². The number of ether oxygens (including phenoxy) is 1. The van der Waals surface area contributed by atoms with E-state index in [1.165, 1.54) is 37.4 Å². The maximum Gasteiger partial charge on any atom is 0.282 e. The molecule has 1 aliphatic heterocycles. The van der Waals surface area contributed by atoms with Crippen LogP contribution in [0.1, 0.15) is 41.4 Å². The second-order valence-electron chi connectivity index (χ2n) is 7.57. The number of methoxy groups -OCH3 is 1. The first-order valence-electron chi connectivity index (χ1n) is 10.2. The quantitative estimate of drug-likeness (QED) is 0.111. The molecule has 13 heteroatoms. The Labute approximate surface area is 254 Å². The van der Waals surface area contributed by atoms with Crippen molar-refractivity contribution in [1.82, 2.24) is 10.0 Å². The highest BCUT2D eigenvalue weighted by Gasteiger charge is 2.46. The van der Waals surface area contributed by atoms with Crippen LogP contribution in [0.2, 0.25) is 10.0 Å². The highest BCUT2D eigenvalue weighted by atomic mass is 79.9. The zero-order valence-electron chi connectivity index (χ0n) is 18.5. The average molecular weight is 799 g/mol. The van der Waals surface area contributed by atoms with Gasteiger partial charge in [0.25, 0.3) is 17.7 Å². The van der Waals surface area contributed by atoms with E-state index in [1.54, 1.807) is 12.1 Å². The van der Waals surface area contributed by atoms with Crippen LogP contribution in [0.3, 0.4) is 0 Å². The molecule has 1 heterocycles. The Morgan fingerprint density at radius 3 is 1.97 bits per heavy atom. The van der Waals surface area contributed by atoms with E-state index in [9.17, 15) is 19.2 Å². The van der Waals surface area contributed by atoms with Crippen LogP contribution in [0.5, 0.6) is 5.75 Å². The van der Waals surface area contributed by atoms with E-state index in [1.807, 2.05) is 0 Å². The lowest BCUT2D eigenvalue weighted by atomic mass is 10.1. The number of fused-ring (bicyclic) bond motifs is 1. The number of carbonyl (C=O) groups excluding carboxylic acids is 4. The van der Waals surface area contributed by atoms with Gasteiger partial charge in [-0.25, -0.2) is 5.01 Å². The van der Waals surface area contributed by atoms with Crippen molar-refractivity contribution in [2.45, 2.75) is 0 Å². The number of hydrazine groups is 1. The lowest BCUT2D eigenvalue weighted by molar-refractivity contribution is 0.00526. The molecule has 0 saturated carbocycles. The van der Waals surface area contributed by atoms with Crippen molar-refractivity contribution in [2.75, 3.05) is 13.7 Å². The fraction of sp³-hybridized carbons (Fsp3) is 0.0833. The lowest BCUT2D eigenvalue weighted by Gasteiger charge is -2.29. The SMILES string of the molecule is COc1cccc(C(=O)CN(C(=O)c2ccc(Cl)c(Cl)c2)N2C(=O)c3c(Br)c(Br)c(Br)c(Br)c3C2=O)c1. The number of ketones is 1. The number of amides is 3. The van der Waals surface area contributed by atoms with Gasteiger partial charge in [0.15, 0.2) is 5.78 Å². The van der Waals surface area contributed by atoms with E-state index < -0.39 is 30.0 Å². The topological polar surface area (TPSA) is 84.0 Å². The van der Waals surface area contributed by atoms with Crippen LogP contribution in [-0.4, -0.2) is 47.2 Å². The van der Waals surface area contributed by atoms with Crippen molar-refractivity contribution in [3.05, 3.63) is 92.7 Å². The van der Waals surface area contributed by atoms with E-state index in [4.69, 9.17) is 27.9 Å². The Balaban J connectivity index is 1.83. The Hall–Kier alpha value is -1.76. The third-order valence-corrected chi connectivity index (χ3v) is 10.9. The van der Waals surface area contributed by atoms with Crippen LogP contribution in [-0.2, 0) is 0 Å². The lowest BCUT2D eigenvalue weighted by Crippen LogP contribution is -2.51. The first-order valence-corrected chi connectivity index (χ1v) is 14.1. The number of halogens is 6. The molecule has 0 aromatic heterocycles. The maximum atomic E-state index is 13.7. The minimum atomic E-state index is -0.810. The summed E-state index contributed by atoms with van der Waals surface area (Å²) in [6.45, 7) is -0.630. The number of hydrogen-bond donors (Lipinski definition) is 0. The van der Waals surface area contributed by atoms with E-state index in [0.717, 1.165) is 5.01 Å². The molecule has 3 amide bonds. The Bertz CT molecular complexity index is 1470. The summed E-state index contributed by atoms with van der Waals surface area (Å²) in [4.78, 5) is 54.2. The largest absolute Gasteiger partial charge is 0.497 e. The highest BCUT2D eigenvalue weighted by molar-refractivity contribution is 9.15. The summed E-state index contributed by atoms with van der Waals surface area (Å²) in [5.41, 5.74) is 0.279. The summed E-state index contributed by atoms with van der Waals surface area (Å²) >= 11 is 25.6. The molecular weight excluding hydrogens is 787 g/mol. The molecule has 0 saturated heterocycles. The predicted octanol–water partition coefficient (Wildman–Crippen LogP) is 7.59. The van der Waals surface area contributed by atoms with Gasteiger partial charge < -0.3 is 4.74 Å². The minimum Gasteiger partial charge on any atom is -0.497 e. The summed E-state index contributed by atoms with van der Waals surface area (Å²) in [6.07, 6.45) is 0. The third-order valence-electron chi connectivity index (χ3n) is 5.41. The standard InChI is InChI=1S/C24H12Br4Cl2N2O5/c1-37-12-4-2-3-10(7-12)15(33)9-31(22(34)11-5-6-13(29)14(30)8-11)32-23(35)16-17(24(32)36)19(26)21(28)20(27)18(16)25/h2-8H,9H2,1H3. The van der Waals surface area contributed by atoms with E-state index in [0.29, 0.717) is 28.6 Å². The molecule has 4 rings (SSSR count). The predicted molar refractivity (Wildman–Crippen MR) is 153 cm³/mol. The number of hydrogen-bond acceptors (Lipinski definition) is 5. The molecule has 37 heavy (non-hydrogen) atoms. The van der Waals surface area contributed by atoms with Gasteiger partial charge in [-0.1, -0.05) is 35.3 Å². The molecular formula is C24H12Br4Cl2N2O5. The van der Waals surface area contributed by atoms with Crippen molar-refractivity contribution in [3.8, 4) is 5.75 Å². The van der Waals surface area contributed by atoms with Gasteiger partial charge in [-0.05, 0) is 94.1 Å². The first kappa shape index (κ1) is 28.3. The summed E-state index contributed by atoms with van der Waals surface area (Å²) < 4.78 is 6.75. The van der Waals surface area contributed by atoms with Gasteiger partial charge in [0.05, 0.1) is 28.3 Å². The summed E-state index contributed by atoms with van der Waals surface area (Å²) in [6, 6.07) is 10.4. The molecule has 0 atom stereocenters. The van der Waals surface area contributed by atoms with Crippen LogP contribution in [0.15, 0.2) is 60.4 Å². The number of nitrogens with zero attached hydrogens (tertiary/aromatic N) is 2. The van der Waals surface area contributed by atoms with Gasteiger partial charge in [-0.3, -0.25) is 19.2 Å². The number of imide groups is 1. The van der Waals surface area contributed by atoms with Crippen molar-refractivity contribution in [3.63, 3.8) is 0 Å². The molecule has 0 radical (unpaired) electrons. The fourth-order valence-corrected chi connectivity index (χ4v) is 6.35. The van der Waals surface area contributed by atoms with Gasteiger partial charge in [0.1, 0.15) is 12.3 Å². The molecule has 3 aromatic rings. The zero-order chi connectivity index (χ0) is 27.2. The molecule has 7 nitrogen and oxygen atoms in total. The molecule has 1 aliphatic rings. The van der Waals surface area contributed by atoms with E-state index in [2.05, 4.69) is 63.7 Å². The van der Waals surface area contributed by atoms with Gasteiger partial charge >= 0.3 is 0 Å². The van der Waals surface area contributed by atoms with Crippen LogP contribution >= 0.6 is 86.9 Å². The Kier molecular flexibility index (Phi) is 8.52. The van der Waals surface area contributed by atoms with E-state index >= 15 is 0 Å². The first-order chi connectivity index (χ1) is 17.5. The highest BCUT2D eigenvalue weighted by Crippen LogP contribution is 2.45. The number of benzene rings is 3. The average Bonchev–Trinajstić information content (AvgIpc) is 3.15. The molecule has 0 N–H and O–H groups in total. The van der Waals surface area contributed by atoms with Crippen LogP contribution in [0, 0.1) is 0 Å². The van der Waals surface area contributed by atoms with Gasteiger partial charge in [-0.15, -0.1) is 0 Å². The molecule has 190 valence electrons. The van der Waals surface area contributed by atoms with Crippen molar-refractivity contribution in [2.24, 2.45) is 0 Å². The summed E-state index contributed by atoms with van der Waals surface area (Å²) in [5.74, 6) is -2.52. The molecule has 0 unspecified atom stereocenters. The van der Waals surface area contributed by atoms with Crippen molar-refractivity contribution in [1.29, 1.82) is 0 Å². The van der Waals surface area contributed by atoms with Gasteiger partial charge in [0, 0.05) is 29.0 Å². The second-order valence-corrected chi connectivity index (χ2v) is 11.6. The molecule has 0 aliphatic carbocycles. The Morgan fingerprint density at radius 1 is 0.838 bits per heavy atom. The second kappa shape index (κ2) is 11.2. The van der Waals surface area contributed by atoms with Crippen LogP contribution in [0.25, 0.3) is 0 Å². The zero-order valence-corrected chi connectivity index (χ0v) is 26.3. The van der Waals surface area contributed by atoms with Crippen molar-refractivity contribution < 1.29 is 23.9 Å². The number of Topliss-reactive ketones (excluding diaryl/α,β-unsaturated/α-hetero) is 1. The fourth-order valence-electron chi connectivity index (χ4n) is 3.59. The summed E-state index contributed by atoms with van der Waals surface area (Å²) in [7, 11) is 1.45. The minimum absolute atomic E-state index is 0.0184. The molecule has 0 spiro atoms. The summed E-state index contributed by atoms with van der Waals surface area (Å²) in [5, 5.41) is 1.75. The van der Waals surface area contributed by atoms with Crippen molar-refractivity contribution >= 4 is 110 Å². The normalized spacial score (nSPS) is 12.6. The Morgan fingerprint density at radius 2 is 1.43 bits per heavy atom. The maximum absolute atomic E-state index is 13.7. The van der Waals surface area contributed by atoms with Gasteiger partial charge in [0.2, 0.25) is 0 Å². The number of carbonyl (C=O) groups is 4. The number of rotatable bonds is 6. The molecule has 3 aromatic carbocycles. The van der Waals surface area contributed by atoms with E-state index in [-0.39, 0.29) is 32.3 Å².